The molecule has 1 aromatic carbocycles. The number of nitrogens with one attached hydrogen (secondary N) is 2. The molecule has 148 valence electrons. The number of benzene rings is 1. The van der Waals surface area contributed by atoms with Gasteiger partial charge in [-0.3, -0.25) is 0 Å². The third kappa shape index (κ3) is 8.19. The molecular weight excluding hydrogens is 465 g/mol. The molecule has 0 saturated carbocycles. The molecule has 1 saturated heterocycles. The minimum Gasteiger partial charge on any atom is -0.357 e. The van der Waals surface area contributed by atoms with E-state index in [0.29, 0.717) is 6.54 Å². The average molecular weight is 495 g/mol. The highest BCUT2D eigenvalue weighted by Gasteiger charge is 2.10. The fraction of sp³-hybridized carbons (Fsp3) is 0.588. The molecule has 0 bridgehead atoms. The summed E-state index contributed by atoms with van der Waals surface area (Å²) in [5.41, 5.74) is 0.805. The second-order valence-corrected chi connectivity index (χ2v) is 7.78. The van der Waals surface area contributed by atoms with Gasteiger partial charge in [-0.05, 0) is 50.6 Å². The van der Waals surface area contributed by atoms with Gasteiger partial charge in [0.05, 0.1) is 11.4 Å². The number of aliphatic imine (C=N–C) groups is 1. The molecule has 7 nitrogen and oxygen atoms in total. The Morgan fingerprint density at radius 1 is 1.23 bits per heavy atom. The van der Waals surface area contributed by atoms with E-state index in [-0.39, 0.29) is 28.9 Å². The van der Waals surface area contributed by atoms with Crippen LogP contribution in [0.4, 0.5) is 0 Å². The number of guanidine groups is 1. The molecule has 1 heterocycles. The largest absolute Gasteiger partial charge is 0.357 e. The number of hydrogen-bond acceptors (Lipinski definition) is 4. The molecule has 1 fully saturated rings. The normalized spacial score (nSPS) is 16.0. The van der Waals surface area contributed by atoms with Gasteiger partial charge in [-0.2, -0.15) is 0 Å². The second-order valence-electron chi connectivity index (χ2n) is 6.22. The van der Waals surface area contributed by atoms with Crippen molar-refractivity contribution in [1.82, 2.24) is 15.5 Å². The van der Waals surface area contributed by atoms with Crippen LogP contribution in [0.15, 0.2) is 34.2 Å². The fourth-order valence-corrected chi connectivity index (χ4v) is 3.43. The molecule has 0 spiro atoms. The lowest BCUT2D eigenvalue weighted by atomic mass is 10.1. The highest BCUT2D eigenvalue weighted by molar-refractivity contribution is 14.0. The van der Waals surface area contributed by atoms with E-state index in [1.54, 1.807) is 12.1 Å². The molecule has 0 aromatic heterocycles. The molecule has 1 aliphatic heterocycles. The van der Waals surface area contributed by atoms with Crippen LogP contribution < -0.4 is 15.8 Å². The SMILES string of the molecule is CCNC(=NCc1cccc(S(N)(=O)=O)c1)NCCN1CCCCC1.I. The van der Waals surface area contributed by atoms with Crippen LogP contribution in [0.5, 0.6) is 0 Å². The maximum Gasteiger partial charge on any atom is 0.238 e. The molecule has 1 aromatic rings. The number of nitrogens with two attached hydrogens (primary N) is 1. The Hall–Kier alpha value is -0.910. The van der Waals surface area contributed by atoms with Crippen molar-refractivity contribution in [2.24, 2.45) is 10.1 Å². The number of halogens is 1. The van der Waals surface area contributed by atoms with E-state index in [1.807, 2.05) is 13.0 Å². The Balaban J connectivity index is 0.00000338. The van der Waals surface area contributed by atoms with Gasteiger partial charge in [-0.25, -0.2) is 18.5 Å². The van der Waals surface area contributed by atoms with E-state index in [2.05, 4.69) is 20.5 Å². The Morgan fingerprint density at radius 3 is 2.62 bits per heavy atom. The van der Waals surface area contributed by atoms with E-state index >= 15 is 0 Å². The molecule has 0 aliphatic carbocycles. The zero-order valence-corrected chi connectivity index (χ0v) is 18.4. The number of nitrogens with zero attached hydrogens (tertiary/aromatic N) is 2. The lowest BCUT2D eigenvalue weighted by Gasteiger charge is -2.26. The van der Waals surface area contributed by atoms with Crippen LogP contribution in [0.25, 0.3) is 0 Å². The summed E-state index contributed by atoms with van der Waals surface area (Å²) in [7, 11) is -3.69. The monoisotopic (exact) mass is 495 g/mol. The minimum absolute atomic E-state index is 0. The van der Waals surface area contributed by atoms with E-state index in [4.69, 9.17) is 5.14 Å². The maximum atomic E-state index is 11.4. The van der Waals surface area contributed by atoms with Crippen LogP contribution in [-0.4, -0.2) is 52.0 Å². The van der Waals surface area contributed by atoms with Gasteiger partial charge in [0.1, 0.15) is 0 Å². The zero-order chi connectivity index (χ0) is 18.1. The standard InChI is InChI=1S/C17H29N5O2S.HI/c1-2-19-17(20-9-12-22-10-4-3-5-11-22)21-14-15-7-6-8-16(13-15)25(18,23)24;/h6-8,13H,2-5,9-12,14H2,1H3,(H2,18,23,24)(H2,19,20,21);1H. The Kier molecular flexibility index (Phi) is 10.4. The van der Waals surface area contributed by atoms with Crippen LogP contribution >= 0.6 is 24.0 Å². The van der Waals surface area contributed by atoms with Crippen molar-refractivity contribution in [3.05, 3.63) is 29.8 Å². The highest BCUT2D eigenvalue weighted by Crippen LogP contribution is 2.10. The van der Waals surface area contributed by atoms with Gasteiger partial charge in [0.15, 0.2) is 5.96 Å². The van der Waals surface area contributed by atoms with Crippen molar-refractivity contribution in [2.75, 3.05) is 32.7 Å². The molecule has 1 aliphatic rings. The van der Waals surface area contributed by atoms with Crippen molar-refractivity contribution in [2.45, 2.75) is 37.6 Å². The zero-order valence-electron chi connectivity index (χ0n) is 15.3. The third-order valence-corrected chi connectivity index (χ3v) is 5.07. The third-order valence-electron chi connectivity index (χ3n) is 4.16. The second kappa shape index (κ2) is 11.7. The molecule has 0 radical (unpaired) electrons. The quantitative estimate of drug-likeness (QED) is 0.303. The number of sulfonamides is 1. The average Bonchev–Trinajstić information content (AvgIpc) is 2.60. The molecule has 2 rings (SSSR count). The van der Waals surface area contributed by atoms with E-state index in [9.17, 15) is 8.42 Å². The summed E-state index contributed by atoms with van der Waals surface area (Å²) >= 11 is 0. The number of rotatable bonds is 7. The first-order chi connectivity index (χ1) is 12.0. The summed E-state index contributed by atoms with van der Waals surface area (Å²) < 4.78 is 22.9. The highest BCUT2D eigenvalue weighted by atomic mass is 127. The predicted molar refractivity (Wildman–Crippen MR) is 116 cm³/mol. The molecule has 0 amide bonds. The van der Waals surface area contributed by atoms with Crippen molar-refractivity contribution in [3.8, 4) is 0 Å². The van der Waals surface area contributed by atoms with E-state index in [1.165, 1.54) is 38.4 Å². The van der Waals surface area contributed by atoms with Gasteiger partial charge in [-0.15, -0.1) is 24.0 Å². The molecule has 4 N–H and O–H groups in total. The Labute approximate surface area is 173 Å². The molecular formula is C17H30IN5O2S. The van der Waals surface area contributed by atoms with Crippen molar-refractivity contribution in [3.63, 3.8) is 0 Å². The summed E-state index contributed by atoms with van der Waals surface area (Å²) in [4.78, 5) is 7.11. The van der Waals surface area contributed by atoms with Crippen LogP contribution in [0, 0.1) is 0 Å². The van der Waals surface area contributed by atoms with Crippen LogP contribution in [0.2, 0.25) is 0 Å². The lowest BCUT2D eigenvalue weighted by Crippen LogP contribution is -2.42. The van der Waals surface area contributed by atoms with E-state index in [0.717, 1.165) is 31.2 Å². The number of primary sulfonamides is 1. The Bertz CT molecular complexity index is 675. The summed E-state index contributed by atoms with van der Waals surface area (Å²) in [6.07, 6.45) is 3.91. The van der Waals surface area contributed by atoms with Gasteiger partial charge in [-0.1, -0.05) is 18.6 Å². The Morgan fingerprint density at radius 2 is 1.96 bits per heavy atom. The van der Waals surface area contributed by atoms with Crippen LogP contribution in [0.1, 0.15) is 31.7 Å². The molecule has 0 atom stereocenters. The van der Waals surface area contributed by atoms with Crippen LogP contribution in [0.3, 0.4) is 0 Å². The van der Waals surface area contributed by atoms with Gasteiger partial charge < -0.3 is 15.5 Å². The first-order valence-corrected chi connectivity index (χ1v) is 10.4. The maximum absolute atomic E-state index is 11.4. The first-order valence-electron chi connectivity index (χ1n) is 8.85. The lowest BCUT2D eigenvalue weighted by molar-refractivity contribution is 0.232. The van der Waals surface area contributed by atoms with Gasteiger partial charge >= 0.3 is 0 Å². The molecule has 9 heteroatoms. The predicted octanol–water partition coefficient (Wildman–Crippen LogP) is 1.49. The topological polar surface area (TPSA) is 99.8 Å². The summed E-state index contributed by atoms with van der Waals surface area (Å²) in [5, 5.41) is 11.7. The van der Waals surface area contributed by atoms with Crippen LogP contribution in [-0.2, 0) is 16.6 Å². The molecule has 26 heavy (non-hydrogen) atoms. The van der Waals surface area contributed by atoms with Crippen molar-refractivity contribution >= 4 is 40.0 Å². The fourth-order valence-electron chi connectivity index (χ4n) is 2.85. The molecule has 0 unspecified atom stereocenters. The summed E-state index contributed by atoms with van der Waals surface area (Å²) in [6, 6.07) is 6.58. The summed E-state index contributed by atoms with van der Waals surface area (Å²) in [5.74, 6) is 0.737. The number of hydrogen-bond donors (Lipinski definition) is 3. The number of piperidine rings is 1. The van der Waals surface area contributed by atoms with Gasteiger partial charge in [0.25, 0.3) is 0 Å². The van der Waals surface area contributed by atoms with Crippen molar-refractivity contribution in [1.29, 1.82) is 0 Å². The van der Waals surface area contributed by atoms with Gasteiger partial charge in [0.2, 0.25) is 10.0 Å². The van der Waals surface area contributed by atoms with E-state index < -0.39 is 10.0 Å². The van der Waals surface area contributed by atoms with Gasteiger partial charge in [0, 0.05) is 19.6 Å². The number of likely N-dealkylation sites (tertiary alicyclic amines) is 1. The smallest absolute Gasteiger partial charge is 0.238 e. The minimum atomic E-state index is -3.69. The van der Waals surface area contributed by atoms with Crippen molar-refractivity contribution < 1.29 is 8.42 Å². The summed E-state index contributed by atoms with van der Waals surface area (Å²) in [6.45, 7) is 7.37. The first kappa shape index (κ1) is 23.1.